The average Bonchev–Trinajstić information content (AvgIpc) is 1.96. The van der Waals surface area contributed by atoms with Crippen molar-refractivity contribution in [1.29, 1.82) is 0 Å². The molecule has 0 aromatic rings. The van der Waals surface area contributed by atoms with Crippen molar-refractivity contribution in [3.05, 3.63) is 0 Å². The van der Waals surface area contributed by atoms with E-state index < -0.39 is 31.0 Å². The molecule has 0 radical (unpaired) electrons. The van der Waals surface area contributed by atoms with Gasteiger partial charge in [0.25, 0.3) is 0 Å². The lowest BCUT2D eigenvalue weighted by Gasteiger charge is -2.10. The number of rotatable bonds is 3. The Morgan fingerprint density at radius 2 is 2.25 bits per heavy atom. The molecular formula is C7H11F3O2. The van der Waals surface area contributed by atoms with Crippen molar-refractivity contribution < 1.29 is 26.8 Å². The molecule has 0 aromatic carbocycles. The monoisotopic (exact) mass is 187 g/mol. The summed E-state index contributed by atoms with van der Waals surface area (Å²) in [4.78, 5) is 11.0. The summed E-state index contributed by atoms with van der Waals surface area (Å²) in [6, 6.07) is 0. The normalized spacial score (nSPS) is 21.6. The van der Waals surface area contributed by atoms with Crippen molar-refractivity contribution >= 4 is 5.97 Å². The van der Waals surface area contributed by atoms with E-state index in [1.165, 1.54) is 0 Å². The van der Waals surface area contributed by atoms with Crippen molar-refractivity contribution in [3.8, 4) is 0 Å². The van der Waals surface area contributed by atoms with Crippen LogP contribution in [-0.2, 0) is 9.53 Å². The summed E-state index contributed by atoms with van der Waals surface area (Å²) in [5.74, 6) is -3.90. The molecule has 0 aliphatic rings. The Labute approximate surface area is 72.9 Å². The molecule has 0 heterocycles. The third-order valence-corrected chi connectivity index (χ3v) is 1.05. The largest absolute Gasteiger partial charge is 0.456 e. The van der Waals surface area contributed by atoms with E-state index in [-0.39, 0.29) is 0 Å². The zero-order valence-electron chi connectivity index (χ0n) is 9.66. The van der Waals surface area contributed by atoms with Gasteiger partial charge in [-0.25, -0.2) is 0 Å². The van der Waals surface area contributed by atoms with Gasteiger partial charge in [0.05, 0.1) is 5.89 Å². The second-order valence-electron chi connectivity index (χ2n) is 2.07. The second-order valence-corrected chi connectivity index (χ2v) is 2.07. The highest BCUT2D eigenvalue weighted by Crippen LogP contribution is 2.15. The molecule has 0 fully saturated rings. The number of halogens is 3. The molecule has 72 valence electrons. The molecule has 0 aliphatic heterocycles. The Morgan fingerprint density at radius 1 is 1.75 bits per heavy atom. The van der Waals surface area contributed by atoms with Crippen molar-refractivity contribution in [2.75, 3.05) is 6.61 Å². The van der Waals surface area contributed by atoms with Gasteiger partial charge in [-0.05, 0) is 6.37 Å². The summed E-state index contributed by atoms with van der Waals surface area (Å²) in [6.45, 7) is -0.0169. The van der Waals surface area contributed by atoms with Gasteiger partial charge in [-0.3, -0.25) is 4.79 Å². The van der Waals surface area contributed by atoms with Gasteiger partial charge in [0.1, 0.15) is 0 Å². The van der Waals surface area contributed by atoms with Crippen molar-refractivity contribution in [2.45, 2.75) is 26.4 Å². The fourth-order valence-electron chi connectivity index (χ4n) is 0.358. The van der Waals surface area contributed by atoms with Gasteiger partial charge in [-0.2, -0.15) is 13.2 Å². The molecule has 12 heavy (non-hydrogen) atoms. The van der Waals surface area contributed by atoms with E-state index in [1.807, 2.05) is 0 Å². The molecule has 0 spiro atoms. The standard InChI is InChI=1S/C7H11F3O2/c1-3-5(2)6(11)12-4-7(8,9)10/h5H,3-4H2,1-2H3/i3D2,5D. The molecule has 1 unspecified atom stereocenters. The van der Waals surface area contributed by atoms with Crippen LogP contribution in [0.4, 0.5) is 13.2 Å². The number of hydrogen-bond acceptors (Lipinski definition) is 2. The average molecular weight is 187 g/mol. The van der Waals surface area contributed by atoms with Gasteiger partial charge < -0.3 is 4.74 Å². The molecule has 0 saturated heterocycles. The van der Waals surface area contributed by atoms with Crippen LogP contribution < -0.4 is 0 Å². The van der Waals surface area contributed by atoms with Gasteiger partial charge in [-0.15, -0.1) is 0 Å². The Balaban J connectivity index is 4.47. The first-order chi connectivity index (χ1) is 6.38. The third kappa shape index (κ3) is 4.98. The molecule has 0 bridgehead atoms. The predicted octanol–water partition coefficient (Wildman–Crippen LogP) is 2.14. The van der Waals surface area contributed by atoms with Crippen LogP contribution in [-0.4, -0.2) is 18.8 Å². The molecule has 1 atom stereocenters. The van der Waals surface area contributed by atoms with E-state index in [1.54, 1.807) is 0 Å². The SMILES string of the molecule is [2H]C([2H])(C)C([2H])(C)C(=O)OCC(F)(F)F. The third-order valence-electron chi connectivity index (χ3n) is 1.05. The maximum atomic E-state index is 11.7. The van der Waals surface area contributed by atoms with E-state index in [4.69, 9.17) is 4.11 Å². The highest BCUT2D eigenvalue weighted by Gasteiger charge is 2.30. The maximum absolute atomic E-state index is 11.7. The minimum absolute atomic E-state index is 0.867. The topological polar surface area (TPSA) is 26.3 Å². The van der Waals surface area contributed by atoms with Gasteiger partial charge in [0.2, 0.25) is 0 Å². The summed E-state index contributed by atoms with van der Waals surface area (Å²) in [5, 5.41) is 0. The molecule has 2 nitrogen and oxygen atoms in total. The number of esters is 1. The Bertz CT molecular complexity index is 245. The fourth-order valence-corrected chi connectivity index (χ4v) is 0.358. The lowest BCUT2D eigenvalue weighted by Crippen LogP contribution is -2.23. The number of alkyl halides is 3. The molecular weight excluding hydrogens is 173 g/mol. The van der Waals surface area contributed by atoms with E-state index >= 15 is 0 Å². The predicted molar refractivity (Wildman–Crippen MR) is 36.5 cm³/mol. The van der Waals surface area contributed by atoms with Crippen LogP contribution >= 0.6 is 0 Å². The summed E-state index contributed by atoms with van der Waals surface area (Å²) in [5.41, 5.74) is 0. The van der Waals surface area contributed by atoms with E-state index in [9.17, 15) is 18.0 Å². The van der Waals surface area contributed by atoms with Gasteiger partial charge >= 0.3 is 12.1 Å². The summed E-state index contributed by atoms with van der Waals surface area (Å²) in [6.07, 6.45) is -6.96. The van der Waals surface area contributed by atoms with Crippen LogP contribution in [0.25, 0.3) is 0 Å². The number of ether oxygens (including phenoxy) is 1. The highest BCUT2D eigenvalue weighted by atomic mass is 19.4. The first-order valence-corrected chi connectivity index (χ1v) is 3.12. The van der Waals surface area contributed by atoms with Crippen LogP contribution in [0.3, 0.4) is 0 Å². The van der Waals surface area contributed by atoms with Gasteiger partial charge in [-0.1, -0.05) is 13.8 Å². The maximum Gasteiger partial charge on any atom is 0.422 e. The van der Waals surface area contributed by atoms with Gasteiger partial charge in [0, 0.05) is 4.11 Å². The summed E-state index contributed by atoms with van der Waals surface area (Å²) >= 11 is 0. The molecule has 0 N–H and O–H groups in total. The number of carbonyl (C=O) groups is 1. The Morgan fingerprint density at radius 3 is 2.58 bits per heavy atom. The molecule has 0 rings (SSSR count). The number of hydrogen-bond donors (Lipinski definition) is 0. The van der Waals surface area contributed by atoms with Crippen molar-refractivity contribution in [2.24, 2.45) is 5.89 Å². The second kappa shape index (κ2) is 4.33. The van der Waals surface area contributed by atoms with Crippen LogP contribution in [0.1, 0.15) is 24.3 Å². The zero-order chi connectivity index (χ0) is 12.5. The quantitative estimate of drug-likeness (QED) is 0.633. The fraction of sp³-hybridized carbons (Fsp3) is 0.857. The van der Waals surface area contributed by atoms with Crippen LogP contribution in [0.5, 0.6) is 0 Å². The Kier molecular flexibility index (Phi) is 2.43. The van der Waals surface area contributed by atoms with Crippen LogP contribution in [0.15, 0.2) is 0 Å². The molecule has 0 aromatic heterocycles. The van der Waals surface area contributed by atoms with E-state index in [2.05, 4.69) is 4.74 Å². The zero-order valence-corrected chi connectivity index (χ0v) is 6.66. The highest BCUT2D eigenvalue weighted by molar-refractivity contribution is 5.71. The molecule has 0 amide bonds. The summed E-state index contributed by atoms with van der Waals surface area (Å²) < 4.78 is 60.3. The van der Waals surface area contributed by atoms with Crippen LogP contribution in [0.2, 0.25) is 0 Å². The van der Waals surface area contributed by atoms with Crippen molar-refractivity contribution in [1.82, 2.24) is 0 Å². The smallest absolute Gasteiger partial charge is 0.422 e. The molecule has 5 heteroatoms. The molecule has 0 saturated carbocycles. The first-order valence-electron chi connectivity index (χ1n) is 4.62. The first kappa shape index (κ1) is 6.74. The Hall–Kier alpha value is -0.740. The minimum atomic E-state index is -4.67. The van der Waals surface area contributed by atoms with Gasteiger partial charge in [0.15, 0.2) is 6.61 Å². The van der Waals surface area contributed by atoms with E-state index in [0.29, 0.717) is 0 Å². The lowest BCUT2D eigenvalue weighted by molar-refractivity contribution is -0.188. The molecule has 0 aliphatic carbocycles. The van der Waals surface area contributed by atoms with E-state index in [0.717, 1.165) is 13.8 Å². The lowest BCUT2D eigenvalue weighted by atomic mass is 10.1. The minimum Gasteiger partial charge on any atom is -0.456 e. The van der Waals surface area contributed by atoms with Crippen molar-refractivity contribution in [3.63, 3.8) is 0 Å². The summed E-state index contributed by atoms with van der Waals surface area (Å²) in [7, 11) is 0. The number of carbonyl (C=O) groups excluding carboxylic acids is 1. The van der Waals surface area contributed by atoms with Crippen LogP contribution in [0, 0.1) is 5.89 Å².